The second-order valence-electron chi connectivity index (χ2n) is 5.22. The van der Waals surface area contributed by atoms with Gasteiger partial charge in [-0.05, 0) is 48.2 Å². The minimum Gasteiger partial charge on any atom is -0.495 e. The lowest BCUT2D eigenvalue weighted by atomic mass is 10.1. The summed E-state index contributed by atoms with van der Waals surface area (Å²) in [6.07, 6.45) is 2.05. The summed E-state index contributed by atoms with van der Waals surface area (Å²) in [7, 11) is 1.62. The molecule has 0 aliphatic heterocycles. The quantitative estimate of drug-likeness (QED) is 0.846. The molecule has 1 atom stereocenters. The highest BCUT2D eigenvalue weighted by Gasteiger charge is 2.23. The molecule has 3 rings (SSSR count). The fourth-order valence-corrected chi connectivity index (χ4v) is 2.86. The van der Waals surface area contributed by atoms with E-state index in [9.17, 15) is 0 Å². The number of methoxy groups -OCH3 is 1. The van der Waals surface area contributed by atoms with Crippen LogP contribution in [0.25, 0.3) is 0 Å². The van der Waals surface area contributed by atoms with Gasteiger partial charge >= 0.3 is 0 Å². The van der Waals surface area contributed by atoms with Crippen LogP contribution in [0.3, 0.4) is 0 Å². The van der Waals surface area contributed by atoms with Gasteiger partial charge in [0.05, 0.1) is 30.5 Å². The van der Waals surface area contributed by atoms with Crippen LogP contribution in [0.15, 0.2) is 36.4 Å². The first kappa shape index (κ1) is 13.3. The van der Waals surface area contributed by atoms with Crippen molar-refractivity contribution in [2.24, 2.45) is 0 Å². The van der Waals surface area contributed by atoms with Crippen LogP contribution in [0, 0.1) is 11.3 Å². The third kappa shape index (κ3) is 2.50. The Bertz CT molecular complexity index is 718. The predicted molar refractivity (Wildman–Crippen MR) is 83.2 cm³/mol. The topological polar surface area (TPSA) is 71.1 Å². The van der Waals surface area contributed by atoms with E-state index >= 15 is 0 Å². The largest absolute Gasteiger partial charge is 0.495 e. The van der Waals surface area contributed by atoms with E-state index in [1.54, 1.807) is 19.2 Å². The number of nitrogens with one attached hydrogen (secondary N) is 1. The fraction of sp³-hybridized carbons (Fsp3) is 0.235. The van der Waals surface area contributed by atoms with E-state index in [2.05, 4.69) is 17.5 Å². The van der Waals surface area contributed by atoms with Gasteiger partial charge in [0.1, 0.15) is 5.75 Å². The summed E-state index contributed by atoms with van der Waals surface area (Å²) >= 11 is 0. The number of anilines is 2. The van der Waals surface area contributed by atoms with E-state index in [4.69, 9.17) is 15.7 Å². The van der Waals surface area contributed by atoms with Crippen molar-refractivity contribution >= 4 is 11.4 Å². The first-order chi connectivity index (χ1) is 10.2. The molecule has 1 aliphatic carbocycles. The van der Waals surface area contributed by atoms with Gasteiger partial charge in [0.15, 0.2) is 0 Å². The zero-order valence-corrected chi connectivity index (χ0v) is 11.9. The number of nitrogen functional groups attached to an aromatic ring is 1. The molecule has 1 aliphatic rings. The van der Waals surface area contributed by atoms with Gasteiger partial charge in [-0.3, -0.25) is 0 Å². The molecule has 0 amide bonds. The summed E-state index contributed by atoms with van der Waals surface area (Å²) in [6, 6.07) is 13.9. The van der Waals surface area contributed by atoms with Crippen LogP contribution in [0.5, 0.6) is 5.75 Å². The number of hydrogen-bond donors (Lipinski definition) is 2. The molecule has 0 bridgehead atoms. The van der Waals surface area contributed by atoms with Crippen molar-refractivity contribution in [2.75, 3.05) is 18.2 Å². The third-order valence-corrected chi connectivity index (χ3v) is 3.91. The number of ether oxygens (including phenoxy) is 1. The maximum absolute atomic E-state index is 8.95. The van der Waals surface area contributed by atoms with Crippen LogP contribution in [0.4, 0.5) is 11.4 Å². The molecule has 4 nitrogen and oxygen atoms in total. The van der Waals surface area contributed by atoms with Crippen LogP contribution in [0.2, 0.25) is 0 Å². The zero-order valence-electron chi connectivity index (χ0n) is 11.9. The highest BCUT2D eigenvalue weighted by atomic mass is 16.5. The standard InChI is InChI=1S/C17H17N3O/c1-21-17-8-11(10-18)2-6-16(17)20-15-7-3-12-9-13(19)4-5-14(12)15/h2,4-6,8-9,15,20H,3,7,19H2,1H3. The average Bonchev–Trinajstić information content (AvgIpc) is 2.89. The third-order valence-electron chi connectivity index (χ3n) is 3.91. The van der Waals surface area contributed by atoms with E-state index in [1.807, 2.05) is 18.2 Å². The smallest absolute Gasteiger partial charge is 0.143 e. The minimum atomic E-state index is 0.252. The molecular formula is C17H17N3O. The molecule has 0 spiro atoms. The van der Waals surface area contributed by atoms with Gasteiger partial charge in [0, 0.05) is 11.8 Å². The summed E-state index contributed by atoms with van der Waals surface area (Å²) in [5.41, 5.74) is 10.7. The van der Waals surface area contributed by atoms with E-state index in [0.29, 0.717) is 11.3 Å². The van der Waals surface area contributed by atoms with Gasteiger partial charge in [0.2, 0.25) is 0 Å². The van der Waals surface area contributed by atoms with Crippen LogP contribution in [0.1, 0.15) is 29.2 Å². The number of rotatable bonds is 3. The van der Waals surface area contributed by atoms with Crippen LogP contribution in [-0.2, 0) is 6.42 Å². The van der Waals surface area contributed by atoms with Gasteiger partial charge in [-0.25, -0.2) is 0 Å². The molecule has 0 radical (unpaired) electrons. The van der Waals surface area contributed by atoms with E-state index in [-0.39, 0.29) is 6.04 Å². The summed E-state index contributed by atoms with van der Waals surface area (Å²) < 4.78 is 5.37. The lowest BCUT2D eigenvalue weighted by Crippen LogP contribution is -2.08. The van der Waals surface area contributed by atoms with Crippen LogP contribution in [-0.4, -0.2) is 7.11 Å². The van der Waals surface area contributed by atoms with Crippen molar-refractivity contribution in [3.63, 3.8) is 0 Å². The molecule has 0 heterocycles. The van der Waals surface area contributed by atoms with Gasteiger partial charge in [-0.15, -0.1) is 0 Å². The van der Waals surface area contributed by atoms with Gasteiger partial charge in [-0.2, -0.15) is 5.26 Å². The van der Waals surface area contributed by atoms with Crippen molar-refractivity contribution in [3.05, 3.63) is 53.1 Å². The maximum atomic E-state index is 8.95. The Labute approximate surface area is 124 Å². The molecule has 21 heavy (non-hydrogen) atoms. The molecule has 4 heteroatoms. The molecule has 106 valence electrons. The lowest BCUT2D eigenvalue weighted by Gasteiger charge is -2.18. The SMILES string of the molecule is COc1cc(C#N)ccc1NC1CCc2cc(N)ccc21. The van der Waals surface area contributed by atoms with Gasteiger partial charge in [0.25, 0.3) is 0 Å². The monoisotopic (exact) mass is 279 g/mol. The van der Waals surface area contributed by atoms with Crippen molar-refractivity contribution in [2.45, 2.75) is 18.9 Å². The Hall–Kier alpha value is -2.67. The molecule has 1 unspecified atom stereocenters. The second kappa shape index (κ2) is 5.37. The number of aryl methyl sites for hydroxylation is 1. The van der Waals surface area contributed by atoms with Gasteiger partial charge < -0.3 is 15.8 Å². The minimum absolute atomic E-state index is 0.252. The first-order valence-corrected chi connectivity index (χ1v) is 6.94. The van der Waals surface area contributed by atoms with Crippen molar-refractivity contribution in [1.82, 2.24) is 0 Å². The van der Waals surface area contributed by atoms with Crippen LogP contribution < -0.4 is 15.8 Å². The van der Waals surface area contributed by atoms with E-state index < -0.39 is 0 Å². The Balaban J connectivity index is 1.88. The normalized spacial score (nSPS) is 16.1. The molecule has 0 aromatic heterocycles. The highest BCUT2D eigenvalue weighted by Crippen LogP contribution is 2.37. The number of nitrogens with zero attached hydrogens (tertiary/aromatic N) is 1. The van der Waals surface area contributed by atoms with Crippen molar-refractivity contribution < 1.29 is 4.74 Å². The number of benzene rings is 2. The molecular weight excluding hydrogens is 262 g/mol. The Morgan fingerprint density at radius 2 is 2.14 bits per heavy atom. The molecule has 2 aromatic rings. The Morgan fingerprint density at radius 1 is 1.29 bits per heavy atom. The number of hydrogen-bond acceptors (Lipinski definition) is 4. The summed E-state index contributed by atoms with van der Waals surface area (Å²) in [5, 5.41) is 12.5. The van der Waals surface area contributed by atoms with E-state index in [0.717, 1.165) is 24.2 Å². The molecule has 0 fully saturated rings. The highest BCUT2D eigenvalue weighted by molar-refractivity contribution is 5.61. The number of nitriles is 1. The summed E-state index contributed by atoms with van der Waals surface area (Å²) in [5.74, 6) is 0.693. The molecule has 0 saturated carbocycles. The van der Waals surface area contributed by atoms with Gasteiger partial charge in [-0.1, -0.05) is 6.07 Å². The lowest BCUT2D eigenvalue weighted by molar-refractivity contribution is 0.416. The summed E-state index contributed by atoms with van der Waals surface area (Å²) in [4.78, 5) is 0. The molecule has 3 N–H and O–H groups in total. The predicted octanol–water partition coefficient (Wildman–Crippen LogP) is 3.25. The Kier molecular flexibility index (Phi) is 3.41. The van der Waals surface area contributed by atoms with Crippen LogP contribution >= 0.6 is 0 Å². The second-order valence-corrected chi connectivity index (χ2v) is 5.22. The average molecular weight is 279 g/mol. The Morgan fingerprint density at radius 3 is 2.90 bits per heavy atom. The number of fused-ring (bicyclic) bond motifs is 1. The van der Waals surface area contributed by atoms with Crippen molar-refractivity contribution in [1.29, 1.82) is 5.26 Å². The maximum Gasteiger partial charge on any atom is 0.143 e. The molecule has 0 saturated heterocycles. The van der Waals surface area contributed by atoms with E-state index in [1.165, 1.54) is 11.1 Å². The summed E-state index contributed by atoms with van der Waals surface area (Å²) in [6.45, 7) is 0. The fourth-order valence-electron chi connectivity index (χ4n) is 2.86. The first-order valence-electron chi connectivity index (χ1n) is 6.94. The molecule has 2 aromatic carbocycles. The van der Waals surface area contributed by atoms with Crippen molar-refractivity contribution in [3.8, 4) is 11.8 Å². The zero-order chi connectivity index (χ0) is 14.8. The number of nitrogens with two attached hydrogens (primary N) is 1.